The monoisotopic (exact) mass is 266 g/mol. The van der Waals surface area contributed by atoms with Gasteiger partial charge >= 0.3 is 5.97 Å². The minimum absolute atomic E-state index is 0.286. The van der Waals surface area contributed by atoms with Gasteiger partial charge in [-0.05, 0) is 37.1 Å². The molecule has 1 aromatic carbocycles. The number of rotatable bonds is 5. The van der Waals surface area contributed by atoms with Crippen LogP contribution in [-0.2, 0) is 9.59 Å². The van der Waals surface area contributed by atoms with E-state index in [0.717, 1.165) is 11.1 Å². The molecule has 0 aliphatic carbocycles. The quantitative estimate of drug-likeness (QED) is 0.739. The van der Waals surface area contributed by atoms with Crippen LogP contribution in [0.2, 0.25) is 0 Å². The highest BCUT2D eigenvalue weighted by atomic mass is 16.5. The highest BCUT2D eigenvalue weighted by molar-refractivity contribution is 5.95. The lowest BCUT2D eigenvalue weighted by atomic mass is 10.1. The molecular weight excluding hydrogens is 248 g/mol. The maximum Gasteiger partial charge on any atom is 0.321 e. The number of methoxy groups -OCH3 is 1. The van der Waals surface area contributed by atoms with Crippen molar-refractivity contribution in [3.8, 4) is 5.75 Å². The first-order valence-electron chi connectivity index (χ1n) is 5.78. The van der Waals surface area contributed by atoms with Gasteiger partial charge in [0, 0.05) is 0 Å². The van der Waals surface area contributed by atoms with Crippen molar-refractivity contribution in [2.45, 2.75) is 26.3 Å². The summed E-state index contributed by atoms with van der Waals surface area (Å²) in [6.45, 7) is 3.84. The molecule has 6 heteroatoms. The van der Waals surface area contributed by atoms with Gasteiger partial charge in [0.05, 0.1) is 19.2 Å². The normalized spacial score (nSPS) is 11.8. The molecule has 1 aromatic rings. The van der Waals surface area contributed by atoms with Crippen LogP contribution in [-0.4, -0.2) is 30.1 Å². The largest absolute Gasteiger partial charge is 0.495 e. The third-order valence-corrected chi connectivity index (χ3v) is 2.81. The summed E-state index contributed by atoms with van der Waals surface area (Å²) in [5, 5.41) is 11.3. The van der Waals surface area contributed by atoms with E-state index in [4.69, 9.17) is 15.6 Å². The topological polar surface area (TPSA) is 102 Å². The molecule has 19 heavy (non-hydrogen) atoms. The molecule has 1 atom stereocenters. The summed E-state index contributed by atoms with van der Waals surface area (Å²) in [6, 6.07) is 2.37. The second-order valence-electron chi connectivity index (χ2n) is 4.33. The number of nitrogens with two attached hydrogens (primary N) is 1. The van der Waals surface area contributed by atoms with Gasteiger partial charge in [-0.1, -0.05) is 0 Å². The second kappa shape index (κ2) is 6.19. The van der Waals surface area contributed by atoms with Gasteiger partial charge in [0.15, 0.2) is 0 Å². The molecule has 1 amide bonds. The average Bonchev–Trinajstić information content (AvgIpc) is 2.33. The van der Waals surface area contributed by atoms with Crippen LogP contribution in [0.15, 0.2) is 12.1 Å². The number of carbonyl (C=O) groups is 2. The standard InChI is InChI=1S/C13H18N2O4/c1-7-4-10(11(19-3)5-8(7)2)15-12(16)6-9(14)13(17)18/h4-5,9H,6,14H2,1-3H3,(H,15,16)(H,17,18). The molecule has 6 nitrogen and oxygen atoms in total. The molecule has 0 spiro atoms. The van der Waals surface area contributed by atoms with E-state index in [1.54, 1.807) is 6.07 Å². The van der Waals surface area contributed by atoms with E-state index in [9.17, 15) is 9.59 Å². The molecule has 0 fully saturated rings. The number of aryl methyl sites for hydroxylation is 2. The average molecular weight is 266 g/mol. The van der Waals surface area contributed by atoms with Gasteiger partial charge in [-0.3, -0.25) is 9.59 Å². The SMILES string of the molecule is COc1cc(C)c(C)cc1NC(=O)CC(N)C(=O)O. The number of nitrogens with one attached hydrogen (secondary N) is 1. The zero-order valence-corrected chi connectivity index (χ0v) is 11.2. The van der Waals surface area contributed by atoms with Gasteiger partial charge < -0.3 is 20.9 Å². The van der Waals surface area contributed by atoms with Crippen molar-refractivity contribution in [2.75, 3.05) is 12.4 Å². The number of benzene rings is 1. The molecular formula is C13H18N2O4. The van der Waals surface area contributed by atoms with Crippen LogP contribution in [0.4, 0.5) is 5.69 Å². The van der Waals surface area contributed by atoms with Gasteiger partial charge in [-0.2, -0.15) is 0 Å². The number of carbonyl (C=O) groups excluding carboxylic acids is 1. The summed E-state index contributed by atoms with van der Waals surface area (Å²) in [5.41, 5.74) is 7.85. The van der Waals surface area contributed by atoms with Crippen LogP contribution in [0.25, 0.3) is 0 Å². The molecule has 0 aliphatic rings. The van der Waals surface area contributed by atoms with Gasteiger partial charge in [0.2, 0.25) is 5.91 Å². The second-order valence-corrected chi connectivity index (χ2v) is 4.33. The fraction of sp³-hybridized carbons (Fsp3) is 0.385. The maximum atomic E-state index is 11.7. The van der Waals surface area contributed by atoms with Gasteiger partial charge in [0.1, 0.15) is 11.8 Å². The number of hydrogen-bond donors (Lipinski definition) is 3. The minimum atomic E-state index is -1.21. The van der Waals surface area contributed by atoms with E-state index in [2.05, 4.69) is 5.32 Å². The van der Waals surface area contributed by atoms with Gasteiger partial charge in [-0.25, -0.2) is 0 Å². The Hall–Kier alpha value is -2.08. The van der Waals surface area contributed by atoms with E-state index in [1.807, 2.05) is 19.9 Å². The van der Waals surface area contributed by atoms with Crippen molar-refractivity contribution in [1.29, 1.82) is 0 Å². The fourth-order valence-electron chi connectivity index (χ4n) is 1.54. The minimum Gasteiger partial charge on any atom is -0.495 e. The van der Waals surface area contributed by atoms with Crippen molar-refractivity contribution in [2.24, 2.45) is 5.73 Å². The zero-order valence-electron chi connectivity index (χ0n) is 11.2. The number of amides is 1. The first-order valence-corrected chi connectivity index (χ1v) is 5.78. The fourth-order valence-corrected chi connectivity index (χ4v) is 1.54. The Morgan fingerprint density at radius 1 is 1.37 bits per heavy atom. The van der Waals surface area contributed by atoms with Crippen LogP contribution in [0, 0.1) is 13.8 Å². The molecule has 0 aliphatic heterocycles. The molecule has 1 unspecified atom stereocenters. The summed E-state index contributed by atoms with van der Waals surface area (Å²) in [6.07, 6.45) is -0.286. The molecule has 0 heterocycles. The molecule has 104 valence electrons. The maximum absolute atomic E-state index is 11.7. The number of carboxylic acids is 1. The summed E-state index contributed by atoms with van der Waals surface area (Å²) in [7, 11) is 1.50. The number of carboxylic acid groups (broad SMARTS) is 1. The third kappa shape index (κ3) is 3.96. The van der Waals surface area contributed by atoms with Gasteiger partial charge in [-0.15, -0.1) is 0 Å². The zero-order chi connectivity index (χ0) is 14.6. The molecule has 0 saturated heterocycles. The lowest BCUT2D eigenvalue weighted by molar-refractivity contribution is -0.140. The Balaban J connectivity index is 2.84. The molecule has 0 saturated carbocycles. The number of hydrogen-bond acceptors (Lipinski definition) is 4. The van der Waals surface area contributed by atoms with Crippen LogP contribution < -0.4 is 15.8 Å². The lowest BCUT2D eigenvalue weighted by Gasteiger charge is -2.13. The van der Waals surface area contributed by atoms with Crippen molar-refractivity contribution in [3.05, 3.63) is 23.3 Å². The smallest absolute Gasteiger partial charge is 0.321 e. The van der Waals surface area contributed by atoms with E-state index >= 15 is 0 Å². The molecule has 0 radical (unpaired) electrons. The Bertz CT molecular complexity index is 500. The van der Waals surface area contributed by atoms with Crippen LogP contribution >= 0.6 is 0 Å². The molecule has 0 bridgehead atoms. The summed E-state index contributed by atoms with van der Waals surface area (Å²) in [4.78, 5) is 22.3. The summed E-state index contributed by atoms with van der Waals surface area (Å²) >= 11 is 0. The van der Waals surface area contributed by atoms with E-state index in [-0.39, 0.29) is 6.42 Å². The van der Waals surface area contributed by atoms with Crippen molar-refractivity contribution >= 4 is 17.6 Å². The van der Waals surface area contributed by atoms with E-state index in [1.165, 1.54) is 7.11 Å². The van der Waals surface area contributed by atoms with Gasteiger partial charge in [0.25, 0.3) is 0 Å². The summed E-state index contributed by atoms with van der Waals surface area (Å²) < 4.78 is 5.17. The summed E-state index contributed by atoms with van der Waals surface area (Å²) in [5.74, 6) is -1.14. The third-order valence-electron chi connectivity index (χ3n) is 2.81. The predicted octanol–water partition coefficient (Wildman–Crippen LogP) is 1.05. The Kier molecular flexibility index (Phi) is 4.88. The van der Waals surface area contributed by atoms with Crippen LogP contribution in [0.1, 0.15) is 17.5 Å². The Labute approximate surface area is 111 Å². The first-order chi connectivity index (χ1) is 8.85. The predicted molar refractivity (Wildman–Crippen MR) is 71.3 cm³/mol. The van der Waals surface area contributed by atoms with Crippen LogP contribution in [0.3, 0.4) is 0 Å². The van der Waals surface area contributed by atoms with E-state index in [0.29, 0.717) is 11.4 Å². The lowest BCUT2D eigenvalue weighted by Crippen LogP contribution is -2.34. The van der Waals surface area contributed by atoms with Crippen molar-refractivity contribution < 1.29 is 19.4 Å². The molecule has 0 aromatic heterocycles. The van der Waals surface area contributed by atoms with Crippen molar-refractivity contribution in [1.82, 2.24) is 0 Å². The number of aliphatic carboxylic acids is 1. The van der Waals surface area contributed by atoms with Crippen LogP contribution in [0.5, 0.6) is 5.75 Å². The highest BCUT2D eigenvalue weighted by Crippen LogP contribution is 2.28. The van der Waals surface area contributed by atoms with Crippen molar-refractivity contribution in [3.63, 3.8) is 0 Å². The molecule has 4 N–H and O–H groups in total. The first kappa shape index (κ1) is 15.0. The highest BCUT2D eigenvalue weighted by Gasteiger charge is 2.17. The molecule has 1 rings (SSSR count). The number of ether oxygens (including phenoxy) is 1. The Morgan fingerprint density at radius 2 is 1.95 bits per heavy atom. The van der Waals surface area contributed by atoms with E-state index < -0.39 is 17.9 Å². The number of anilines is 1. The Morgan fingerprint density at radius 3 is 2.47 bits per heavy atom.